The van der Waals surface area contributed by atoms with E-state index in [0.29, 0.717) is 22.6 Å². The molecule has 0 aliphatic heterocycles. The Hall–Kier alpha value is -3.59. The molecule has 9 nitrogen and oxygen atoms in total. The third-order valence-electron chi connectivity index (χ3n) is 4.02. The molecule has 0 aliphatic carbocycles. The molecule has 3 N–H and O–H groups in total. The van der Waals surface area contributed by atoms with E-state index in [9.17, 15) is 14.4 Å². The van der Waals surface area contributed by atoms with Crippen LogP contribution in [0.1, 0.15) is 23.2 Å². The van der Waals surface area contributed by atoms with Gasteiger partial charge in [-0.05, 0) is 35.4 Å². The number of nitrogens with two attached hydrogens (primary N) is 1. The van der Waals surface area contributed by atoms with Crippen LogP contribution in [0.5, 0.6) is 11.5 Å². The zero-order valence-corrected chi connectivity index (χ0v) is 16.2. The number of nitrogens with one attached hydrogen (secondary N) is 1. The Balaban J connectivity index is 2.21. The number of amides is 1. The molecule has 0 heterocycles. The van der Waals surface area contributed by atoms with Crippen molar-refractivity contribution in [3.8, 4) is 11.5 Å². The van der Waals surface area contributed by atoms with Crippen LogP contribution in [0.15, 0.2) is 48.5 Å². The number of benzene rings is 2. The molecule has 2 aromatic rings. The van der Waals surface area contributed by atoms with Gasteiger partial charge in [-0.25, -0.2) is 14.4 Å². The van der Waals surface area contributed by atoms with Gasteiger partial charge in [0.15, 0.2) is 6.04 Å². The summed E-state index contributed by atoms with van der Waals surface area (Å²) >= 11 is 0. The van der Waals surface area contributed by atoms with Crippen molar-refractivity contribution < 1.29 is 33.3 Å². The normalized spacial score (nSPS) is 12.3. The monoisotopic (exact) mass is 402 g/mol. The van der Waals surface area contributed by atoms with Crippen LogP contribution in [0, 0.1) is 0 Å². The van der Waals surface area contributed by atoms with Crippen LogP contribution in [0.3, 0.4) is 0 Å². The van der Waals surface area contributed by atoms with Crippen LogP contribution in [0.25, 0.3) is 0 Å². The lowest BCUT2D eigenvalue weighted by atomic mass is 10.1. The average Bonchev–Trinajstić information content (AvgIpc) is 2.76. The summed E-state index contributed by atoms with van der Waals surface area (Å²) in [6, 6.07) is 10.3. The van der Waals surface area contributed by atoms with Crippen molar-refractivity contribution in [3.63, 3.8) is 0 Å². The molecule has 0 bridgehead atoms. The number of hydrogen-bond acceptors (Lipinski definition) is 8. The fourth-order valence-electron chi connectivity index (χ4n) is 2.47. The Bertz CT molecular complexity index is 885. The smallest absolute Gasteiger partial charge is 0.407 e. The number of methoxy groups -OCH3 is 3. The quantitative estimate of drug-likeness (QED) is 0.531. The predicted molar refractivity (Wildman–Crippen MR) is 102 cm³/mol. The predicted octanol–water partition coefficient (Wildman–Crippen LogP) is 1.87. The molecular formula is C20H22N2O7. The van der Waals surface area contributed by atoms with Crippen LogP contribution in [-0.2, 0) is 19.1 Å². The maximum absolute atomic E-state index is 12.6. The maximum atomic E-state index is 12.6. The van der Waals surface area contributed by atoms with E-state index in [1.807, 2.05) is 0 Å². The number of esters is 2. The van der Waals surface area contributed by atoms with E-state index >= 15 is 0 Å². The molecule has 0 fully saturated rings. The topological polar surface area (TPSA) is 126 Å². The highest BCUT2D eigenvalue weighted by Crippen LogP contribution is 2.23. The Labute approximate surface area is 167 Å². The summed E-state index contributed by atoms with van der Waals surface area (Å²) in [6.07, 6.45) is -0.876. The van der Waals surface area contributed by atoms with Crippen molar-refractivity contribution >= 4 is 18.0 Å². The van der Waals surface area contributed by atoms with Crippen molar-refractivity contribution in [3.05, 3.63) is 59.7 Å². The second-order valence-electron chi connectivity index (χ2n) is 5.84. The second-order valence-corrected chi connectivity index (χ2v) is 5.84. The molecule has 0 aliphatic rings. The molecule has 29 heavy (non-hydrogen) atoms. The molecule has 0 saturated carbocycles. The van der Waals surface area contributed by atoms with Gasteiger partial charge >= 0.3 is 18.0 Å². The van der Waals surface area contributed by atoms with E-state index in [4.69, 9.17) is 19.9 Å². The van der Waals surface area contributed by atoms with Gasteiger partial charge in [0.25, 0.3) is 0 Å². The number of rotatable bonds is 7. The summed E-state index contributed by atoms with van der Waals surface area (Å²) in [5, 5.41) is 2.33. The van der Waals surface area contributed by atoms with E-state index in [0.717, 1.165) is 7.11 Å². The summed E-state index contributed by atoms with van der Waals surface area (Å²) in [5.74, 6) is -1.06. The fourth-order valence-corrected chi connectivity index (χ4v) is 2.47. The SMILES string of the molecule is COC(=O)NC(C(=O)OC(=O)C(N)c1cccc(OC)c1)c1cccc(OC)c1. The summed E-state index contributed by atoms with van der Waals surface area (Å²) in [4.78, 5) is 36.7. The third-order valence-corrected chi connectivity index (χ3v) is 4.02. The van der Waals surface area contributed by atoms with Gasteiger partial charge < -0.3 is 30.0 Å². The van der Waals surface area contributed by atoms with Gasteiger partial charge in [-0.3, -0.25) is 0 Å². The van der Waals surface area contributed by atoms with E-state index in [2.05, 4.69) is 10.1 Å². The standard InChI is InChI=1S/C20H22N2O7/c1-26-14-8-4-6-12(10-14)16(21)18(23)29-19(24)17(22-20(25)28-3)13-7-5-9-15(11-13)27-2/h4-11,16-17H,21H2,1-3H3,(H,22,25). The molecular weight excluding hydrogens is 380 g/mol. The van der Waals surface area contributed by atoms with E-state index in [1.165, 1.54) is 20.3 Å². The average molecular weight is 402 g/mol. The minimum absolute atomic E-state index is 0.336. The molecule has 154 valence electrons. The van der Waals surface area contributed by atoms with Gasteiger partial charge in [0, 0.05) is 0 Å². The minimum atomic E-state index is -1.31. The fraction of sp³-hybridized carbons (Fsp3) is 0.250. The summed E-state index contributed by atoms with van der Waals surface area (Å²) < 4.78 is 19.7. The highest BCUT2D eigenvalue weighted by atomic mass is 16.6. The molecule has 2 aromatic carbocycles. The molecule has 0 saturated heterocycles. The van der Waals surface area contributed by atoms with Crippen molar-refractivity contribution in [2.24, 2.45) is 5.73 Å². The lowest BCUT2D eigenvalue weighted by Crippen LogP contribution is -2.37. The number of carbonyl (C=O) groups excluding carboxylic acids is 3. The van der Waals surface area contributed by atoms with Crippen LogP contribution in [0.4, 0.5) is 4.79 Å². The lowest BCUT2D eigenvalue weighted by Gasteiger charge is -2.18. The first-order valence-electron chi connectivity index (χ1n) is 8.53. The number of carbonyl (C=O) groups is 3. The Morgan fingerprint density at radius 1 is 0.862 bits per heavy atom. The molecule has 2 rings (SSSR count). The van der Waals surface area contributed by atoms with Gasteiger partial charge in [-0.15, -0.1) is 0 Å². The van der Waals surface area contributed by atoms with Crippen molar-refractivity contribution in [1.29, 1.82) is 0 Å². The molecule has 9 heteroatoms. The first-order chi connectivity index (χ1) is 13.9. The van der Waals surface area contributed by atoms with Crippen molar-refractivity contribution in [2.75, 3.05) is 21.3 Å². The van der Waals surface area contributed by atoms with Gasteiger partial charge in [0.05, 0.1) is 21.3 Å². The van der Waals surface area contributed by atoms with E-state index in [1.54, 1.807) is 42.5 Å². The molecule has 0 spiro atoms. The molecule has 0 radical (unpaired) electrons. The zero-order chi connectivity index (χ0) is 21.4. The second kappa shape index (κ2) is 10.1. The van der Waals surface area contributed by atoms with Gasteiger partial charge in [0.1, 0.15) is 17.5 Å². The van der Waals surface area contributed by atoms with E-state index in [-0.39, 0.29) is 0 Å². The minimum Gasteiger partial charge on any atom is -0.497 e. The molecule has 1 amide bonds. The molecule has 0 aromatic heterocycles. The van der Waals surface area contributed by atoms with Crippen LogP contribution < -0.4 is 20.5 Å². The lowest BCUT2D eigenvalue weighted by molar-refractivity contribution is -0.162. The Morgan fingerprint density at radius 2 is 1.41 bits per heavy atom. The molecule has 2 unspecified atom stereocenters. The van der Waals surface area contributed by atoms with Gasteiger partial charge in [0.2, 0.25) is 0 Å². The van der Waals surface area contributed by atoms with Crippen LogP contribution in [-0.4, -0.2) is 39.4 Å². The van der Waals surface area contributed by atoms with Crippen molar-refractivity contribution in [1.82, 2.24) is 5.32 Å². The molecule has 2 atom stereocenters. The summed E-state index contributed by atoms with van der Waals surface area (Å²) in [6.45, 7) is 0. The largest absolute Gasteiger partial charge is 0.497 e. The number of ether oxygens (including phenoxy) is 4. The van der Waals surface area contributed by atoms with Crippen LogP contribution in [0.2, 0.25) is 0 Å². The highest BCUT2D eigenvalue weighted by molar-refractivity contribution is 5.93. The third kappa shape index (κ3) is 5.69. The van der Waals surface area contributed by atoms with Gasteiger partial charge in [-0.1, -0.05) is 24.3 Å². The number of hydrogen-bond donors (Lipinski definition) is 2. The Kier molecular flexibility index (Phi) is 7.55. The first kappa shape index (κ1) is 21.7. The number of alkyl carbamates (subject to hydrolysis) is 1. The van der Waals surface area contributed by atoms with E-state index < -0.39 is 30.1 Å². The maximum Gasteiger partial charge on any atom is 0.407 e. The van der Waals surface area contributed by atoms with Crippen LogP contribution >= 0.6 is 0 Å². The zero-order valence-electron chi connectivity index (χ0n) is 16.2. The summed E-state index contributed by atoms with van der Waals surface area (Å²) in [7, 11) is 4.08. The van der Waals surface area contributed by atoms with Gasteiger partial charge in [-0.2, -0.15) is 0 Å². The first-order valence-corrected chi connectivity index (χ1v) is 8.53. The van der Waals surface area contributed by atoms with Crippen molar-refractivity contribution in [2.45, 2.75) is 12.1 Å². The summed E-state index contributed by atoms with van der Waals surface area (Å²) in [5.41, 5.74) is 6.65. The highest BCUT2D eigenvalue weighted by Gasteiger charge is 2.29. The Morgan fingerprint density at radius 3 is 1.97 bits per heavy atom.